The van der Waals surface area contributed by atoms with E-state index in [0.717, 1.165) is 16.5 Å². The molecule has 0 aliphatic rings. The summed E-state index contributed by atoms with van der Waals surface area (Å²) >= 11 is 0. The van der Waals surface area contributed by atoms with Gasteiger partial charge in [0.15, 0.2) is 6.10 Å². The van der Waals surface area contributed by atoms with Crippen LogP contribution < -0.4 is 9.47 Å². The van der Waals surface area contributed by atoms with Crippen LogP contribution in [0.3, 0.4) is 0 Å². The molecule has 1 unspecified atom stereocenters. The Bertz CT molecular complexity index is 650. The molecule has 0 radical (unpaired) electrons. The number of hydrogen-bond acceptors (Lipinski definition) is 3. The molecule has 1 atom stereocenters. The van der Waals surface area contributed by atoms with Gasteiger partial charge in [0.25, 0.3) is 5.91 Å². The highest BCUT2D eigenvalue weighted by molar-refractivity contribution is 5.93. The molecule has 2 rings (SSSR count). The van der Waals surface area contributed by atoms with Crippen LogP contribution in [0.4, 0.5) is 0 Å². The molecule has 118 valence electrons. The summed E-state index contributed by atoms with van der Waals surface area (Å²) in [5.41, 5.74) is 0. The number of rotatable bonds is 6. The van der Waals surface area contributed by atoms with Crippen LogP contribution in [0, 0.1) is 0 Å². The maximum absolute atomic E-state index is 12.3. The van der Waals surface area contributed by atoms with Crippen LogP contribution in [0.1, 0.15) is 20.8 Å². The zero-order chi connectivity index (χ0) is 16.1. The molecule has 0 aromatic heterocycles. The number of nitrogens with zero attached hydrogens (tertiary/aromatic N) is 1. The summed E-state index contributed by atoms with van der Waals surface area (Å²) in [4.78, 5) is 14.1. The second-order valence-corrected chi connectivity index (χ2v) is 5.08. The van der Waals surface area contributed by atoms with Crippen molar-refractivity contribution in [1.82, 2.24) is 4.90 Å². The van der Waals surface area contributed by atoms with Crippen molar-refractivity contribution in [3.8, 4) is 11.5 Å². The summed E-state index contributed by atoms with van der Waals surface area (Å²) in [7, 11) is 1.65. The van der Waals surface area contributed by atoms with E-state index in [1.54, 1.807) is 18.9 Å². The van der Waals surface area contributed by atoms with Gasteiger partial charge in [0.1, 0.15) is 11.5 Å². The third kappa shape index (κ3) is 3.16. The number of ether oxygens (including phenoxy) is 2. The minimum atomic E-state index is -0.517. The molecule has 4 nitrogen and oxygen atoms in total. The van der Waals surface area contributed by atoms with Crippen molar-refractivity contribution in [3.05, 3.63) is 36.4 Å². The number of fused-ring (bicyclic) bond motifs is 1. The topological polar surface area (TPSA) is 38.8 Å². The van der Waals surface area contributed by atoms with Crippen molar-refractivity contribution in [2.45, 2.75) is 26.9 Å². The van der Waals surface area contributed by atoms with Gasteiger partial charge in [-0.05, 0) is 32.9 Å². The minimum absolute atomic E-state index is 0.00454. The highest BCUT2D eigenvalue weighted by atomic mass is 16.5. The lowest BCUT2D eigenvalue weighted by Gasteiger charge is -2.24. The standard InChI is InChI=1S/C18H23NO3/c1-5-19(6-2)18(20)13(3)22-17-12-11-16(21-4)14-9-7-8-10-15(14)17/h7-13H,5-6H2,1-4H3. The normalized spacial score (nSPS) is 12.0. The Balaban J connectivity index is 2.30. The first-order valence-electron chi connectivity index (χ1n) is 7.63. The molecule has 2 aromatic carbocycles. The first kappa shape index (κ1) is 16.1. The fourth-order valence-electron chi connectivity index (χ4n) is 2.56. The second-order valence-electron chi connectivity index (χ2n) is 5.08. The van der Waals surface area contributed by atoms with Gasteiger partial charge in [-0.25, -0.2) is 0 Å². The lowest BCUT2D eigenvalue weighted by Crippen LogP contribution is -2.40. The van der Waals surface area contributed by atoms with Crippen molar-refractivity contribution in [2.24, 2.45) is 0 Å². The van der Waals surface area contributed by atoms with E-state index in [1.807, 2.05) is 50.2 Å². The van der Waals surface area contributed by atoms with Crippen LogP contribution in [-0.2, 0) is 4.79 Å². The Kier molecular flexibility index (Phi) is 5.26. The maximum atomic E-state index is 12.3. The third-order valence-electron chi connectivity index (χ3n) is 3.79. The molecule has 0 heterocycles. The quantitative estimate of drug-likeness (QED) is 0.820. The van der Waals surface area contributed by atoms with Gasteiger partial charge < -0.3 is 14.4 Å². The fourth-order valence-corrected chi connectivity index (χ4v) is 2.56. The Labute approximate surface area is 131 Å². The summed E-state index contributed by atoms with van der Waals surface area (Å²) in [6.07, 6.45) is -0.517. The Hall–Kier alpha value is -2.23. The lowest BCUT2D eigenvalue weighted by molar-refractivity contribution is -0.137. The van der Waals surface area contributed by atoms with Crippen molar-refractivity contribution in [1.29, 1.82) is 0 Å². The molecule has 0 bridgehead atoms. The molecule has 0 fully saturated rings. The molecule has 4 heteroatoms. The number of carbonyl (C=O) groups is 1. The van der Waals surface area contributed by atoms with Gasteiger partial charge >= 0.3 is 0 Å². The molecule has 2 aromatic rings. The molecule has 0 aliphatic carbocycles. The Morgan fingerprint density at radius 3 is 2.14 bits per heavy atom. The molecule has 0 saturated carbocycles. The fraction of sp³-hybridized carbons (Fsp3) is 0.389. The lowest BCUT2D eigenvalue weighted by atomic mass is 10.1. The Morgan fingerprint density at radius 1 is 1.05 bits per heavy atom. The van der Waals surface area contributed by atoms with Gasteiger partial charge in [0.05, 0.1) is 7.11 Å². The number of methoxy groups -OCH3 is 1. The average molecular weight is 301 g/mol. The molecular formula is C18H23NO3. The van der Waals surface area contributed by atoms with Crippen LogP contribution in [0.25, 0.3) is 10.8 Å². The smallest absolute Gasteiger partial charge is 0.263 e. The number of hydrogen-bond donors (Lipinski definition) is 0. The monoisotopic (exact) mass is 301 g/mol. The van der Waals surface area contributed by atoms with E-state index in [4.69, 9.17) is 9.47 Å². The minimum Gasteiger partial charge on any atom is -0.496 e. The van der Waals surface area contributed by atoms with Gasteiger partial charge in [-0.3, -0.25) is 4.79 Å². The molecule has 0 saturated heterocycles. The predicted octanol–water partition coefficient (Wildman–Crippen LogP) is 3.48. The summed E-state index contributed by atoms with van der Waals surface area (Å²) in [5, 5.41) is 1.92. The molecule has 0 spiro atoms. The van der Waals surface area contributed by atoms with Gasteiger partial charge in [-0.2, -0.15) is 0 Å². The van der Waals surface area contributed by atoms with E-state index >= 15 is 0 Å². The third-order valence-corrected chi connectivity index (χ3v) is 3.79. The molecule has 0 N–H and O–H groups in total. The number of carbonyl (C=O) groups excluding carboxylic acids is 1. The molecular weight excluding hydrogens is 278 g/mol. The van der Waals surface area contributed by atoms with Crippen LogP contribution in [0.2, 0.25) is 0 Å². The van der Waals surface area contributed by atoms with Gasteiger partial charge in [0.2, 0.25) is 0 Å². The first-order chi connectivity index (χ1) is 10.6. The average Bonchev–Trinajstić information content (AvgIpc) is 2.56. The second kappa shape index (κ2) is 7.16. The van der Waals surface area contributed by atoms with Gasteiger partial charge in [-0.1, -0.05) is 24.3 Å². The SMILES string of the molecule is CCN(CC)C(=O)C(C)Oc1ccc(OC)c2ccccc12. The van der Waals surface area contributed by atoms with Crippen molar-refractivity contribution in [3.63, 3.8) is 0 Å². The molecule has 0 aliphatic heterocycles. The largest absolute Gasteiger partial charge is 0.496 e. The van der Waals surface area contributed by atoms with Gasteiger partial charge in [-0.15, -0.1) is 0 Å². The highest BCUT2D eigenvalue weighted by Crippen LogP contribution is 2.33. The summed E-state index contributed by atoms with van der Waals surface area (Å²) in [5.74, 6) is 1.50. The molecule has 1 amide bonds. The summed E-state index contributed by atoms with van der Waals surface area (Å²) in [6.45, 7) is 7.10. The van der Waals surface area contributed by atoms with Crippen LogP contribution >= 0.6 is 0 Å². The summed E-state index contributed by atoms with van der Waals surface area (Å²) < 4.78 is 11.3. The number of amides is 1. The van der Waals surface area contributed by atoms with Crippen LogP contribution in [0.5, 0.6) is 11.5 Å². The van der Waals surface area contributed by atoms with E-state index < -0.39 is 6.10 Å². The first-order valence-corrected chi connectivity index (χ1v) is 7.63. The maximum Gasteiger partial charge on any atom is 0.263 e. The van der Waals surface area contributed by atoms with E-state index in [1.165, 1.54) is 0 Å². The van der Waals surface area contributed by atoms with E-state index in [0.29, 0.717) is 18.8 Å². The van der Waals surface area contributed by atoms with Crippen molar-refractivity contribution >= 4 is 16.7 Å². The summed E-state index contributed by atoms with van der Waals surface area (Å²) in [6, 6.07) is 11.6. The molecule has 22 heavy (non-hydrogen) atoms. The number of benzene rings is 2. The van der Waals surface area contributed by atoms with Crippen LogP contribution in [0.15, 0.2) is 36.4 Å². The zero-order valence-electron chi connectivity index (χ0n) is 13.6. The van der Waals surface area contributed by atoms with E-state index in [-0.39, 0.29) is 5.91 Å². The van der Waals surface area contributed by atoms with Crippen LogP contribution in [-0.4, -0.2) is 37.1 Å². The number of likely N-dealkylation sites (N-methyl/N-ethyl adjacent to an activating group) is 1. The van der Waals surface area contributed by atoms with Gasteiger partial charge in [0, 0.05) is 23.9 Å². The Morgan fingerprint density at radius 2 is 1.59 bits per heavy atom. The van der Waals surface area contributed by atoms with Crippen molar-refractivity contribution < 1.29 is 14.3 Å². The predicted molar refractivity (Wildman–Crippen MR) is 88.5 cm³/mol. The zero-order valence-corrected chi connectivity index (χ0v) is 13.6. The van der Waals surface area contributed by atoms with Crippen molar-refractivity contribution in [2.75, 3.05) is 20.2 Å². The van der Waals surface area contributed by atoms with E-state index in [9.17, 15) is 4.79 Å². The highest BCUT2D eigenvalue weighted by Gasteiger charge is 2.20. The van der Waals surface area contributed by atoms with E-state index in [2.05, 4.69) is 0 Å².